The Labute approximate surface area is 73.3 Å². The van der Waals surface area contributed by atoms with E-state index in [2.05, 4.69) is 15.1 Å². The van der Waals surface area contributed by atoms with E-state index in [-0.39, 0.29) is 0 Å². The fourth-order valence-corrected chi connectivity index (χ4v) is 1.56. The zero-order valence-electron chi connectivity index (χ0n) is 6.74. The molecule has 5 heteroatoms. The Morgan fingerprint density at radius 1 is 1.33 bits per heavy atom. The Morgan fingerprint density at radius 3 is 2.67 bits per heavy atom. The summed E-state index contributed by atoms with van der Waals surface area (Å²) in [5, 5.41) is 6.53. The molecule has 2 aromatic rings. The summed E-state index contributed by atoms with van der Waals surface area (Å²) in [6.45, 7) is 3.70. The molecule has 0 aromatic carbocycles. The Balaban J connectivity index is 2.43. The number of rotatable bonds is 1. The number of nitrogens with zero attached hydrogens (tertiary/aromatic N) is 3. The maximum atomic E-state index is 4.83. The summed E-state index contributed by atoms with van der Waals surface area (Å²) in [4.78, 5) is 8.29. The molecule has 0 bridgehead atoms. The van der Waals surface area contributed by atoms with Crippen LogP contribution in [0.4, 0.5) is 0 Å². The molecular formula is C7H7N3OS. The predicted molar refractivity (Wildman–Crippen MR) is 44.9 cm³/mol. The van der Waals surface area contributed by atoms with Crippen LogP contribution in [-0.4, -0.2) is 15.1 Å². The highest BCUT2D eigenvalue weighted by molar-refractivity contribution is 7.13. The minimum atomic E-state index is 0.567. The first-order valence-electron chi connectivity index (χ1n) is 3.48. The quantitative estimate of drug-likeness (QED) is 0.673. The van der Waals surface area contributed by atoms with E-state index in [0.29, 0.717) is 11.7 Å². The van der Waals surface area contributed by atoms with Gasteiger partial charge in [0.1, 0.15) is 0 Å². The molecule has 0 amide bonds. The highest BCUT2D eigenvalue weighted by Gasteiger charge is 2.08. The maximum absolute atomic E-state index is 4.83. The Morgan fingerprint density at radius 2 is 2.17 bits per heavy atom. The van der Waals surface area contributed by atoms with Gasteiger partial charge in [-0.05, 0) is 6.92 Å². The molecule has 0 aliphatic heterocycles. The second-order valence-corrected chi connectivity index (χ2v) is 3.29. The van der Waals surface area contributed by atoms with Gasteiger partial charge in [0.2, 0.25) is 11.7 Å². The molecule has 2 aromatic heterocycles. The van der Waals surface area contributed by atoms with E-state index in [9.17, 15) is 0 Å². The van der Waals surface area contributed by atoms with Gasteiger partial charge < -0.3 is 4.52 Å². The summed E-state index contributed by atoms with van der Waals surface area (Å²) < 4.78 is 4.83. The molecule has 0 spiro atoms. The minimum absolute atomic E-state index is 0.567. The third-order valence-electron chi connectivity index (χ3n) is 1.34. The van der Waals surface area contributed by atoms with Crippen molar-refractivity contribution >= 4 is 11.3 Å². The van der Waals surface area contributed by atoms with E-state index >= 15 is 0 Å². The summed E-state index contributed by atoms with van der Waals surface area (Å²) in [7, 11) is 0. The van der Waals surface area contributed by atoms with Crippen molar-refractivity contribution in [3.05, 3.63) is 17.0 Å². The molecule has 2 rings (SSSR count). The van der Waals surface area contributed by atoms with Gasteiger partial charge in [-0.15, -0.1) is 11.3 Å². The van der Waals surface area contributed by atoms with E-state index in [0.717, 1.165) is 10.7 Å². The van der Waals surface area contributed by atoms with Crippen LogP contribution < -0.4 is 0 Å². The first-order valence-corrected chi connectivity index (χ1v) is 4.36. The van der Waals surface area contributed by atoms with Crippen LogP contribution in [0.15, 0.2) is 9.90 Å². The first kappa shape index (κ1) is 7.42. The number of thiazole rings is 1. The molecule has 0 fully saturated rings. The SMILES string of the molecule is Cc1csc(-c2noc(C)n2)n1. The smallest absolute Gasteiger partial charge is 0.231 e. The average molecular weight is 181 g/mol. The van der Waals surface area contributed by atoms with Gasteiger partial charge in [-0.3, -0.25) is 0 Å². The molecule has 0 atom stereocenters. The van der Waals surface area contributed by atoms with Crippen molar-refractivity contribution in [3.63, 3.8) is 0 Å². The van der Waals surface area contributed by atoms with Crippen LogP contribution in [0.1, 0.15) is 11.6 Å². The molecule has 0 aliphatic carbocycles. The van der Waals surface area contributed by atoms with Crippen molar-refractivity contribution in [1.82, 2.24) is 15.1 Å². The topological polar surface area (TPSA) is 51.8 Å². The van der Waals surface area contributed by atoms with Crippen LogP contribution in [0.25, 0.3) is 10.8 Å². The van der Waals surface area contributed by atoms with E-state index in [4.69, 9.17) is 4.52 Å². The predicted octanol–water partition coefficient (Wildman–Crippen LogP) is 1.81. The van der Waals surface area contributed by atoms with Gasteiger partial charge in [-0.2, -0.15) is 4.98 Å². The Hall–Kier alpha value is -1.23. The number of hydrogen-bond acceptors (Lipinski definition) is 5. The van der Waals surface area contributed by atoms with Gasteiger partial charge in [0.05, 0.1) is 0 Å². The summed E-state index contributed by atoms with van der Waals surface area (Å²) in [6.07, 6.45) is 0. The van der Waals surface area contributed by atoms with Crippen LogP contribution in [0.5, 0.6) is 0 Å². The molecule has 12 heavy (non-hydrogen) atoms. The largest absolute Gasteiger partial charge is 0.339 e. The average Bonchev–Trinajstić information content (AvgIpc) is 2.58. The van der Waals surface area contributed by atoms with E-state index in [1.165, 1.54) is 11.3 Å². The molecule has 62 valence electrons. The van der Waals surface area contributed by atoms with Gasteiger partial charge in [0.15, 0.2) is 5.01 Å². The lowest BCUT2D eigenvalue weighted by Crippen LogP contribution is -1.79. The van der Waals surface area contributed by atoms with Gasteiger partial charge in [-0.25, -0.2) is 4.98 Å². The summed E-state index contributed by atoms with van der Waals surface area (Å²) in [5.74, 6) is 1.14. The van der Waals surface area contributed by atoms with Crippen LogP contribution >= 0.6 is 11.3 Å². The fourth-order valence-electron chi connectivity index (χ4n) is 0.843. The lowest BCUT2D eigenvalue weighted by Gasteiger charge is -1.80. The van der Waals surface area contributed by atoms with E-state index in [1.807, 2.05) is 12.3 Å². The van der Waals surface area contributed by atoms with Crippen molar-refractivity contribution in [1.29, 1.82) is 0 Å². The molecule has 0 N–H and O–H groups in total. The summed E-state index contributed by atoms with van der Waals surface area (Å²) in [5.41, 5.74) is 0.984. The highest BCUT2D eigenvalue weighted by Crippen LogP contribution is 2.19. The van der Waals surface area contributed by atoms with Gasteiger partial charge in [-0.1, -0.05) is 5.16 Å². The Kier molecular flexibility index (Phi) is 1.65. The van der Waals surface area contributed by atoms with Crippen LogP contribution in [-0.2, 0) is 0 Å². The second kappa shape index (κ2) is 2.67. The van der Waals surface area contributed by atoms with Crippen molar-refractivity contribution in [2.24, 2.45) is 0 Å². The molecule has 0 saturated heterocycles. The molecule has 0 aliphatic rings. The normalized spacial score (nSPS) is 10.5. The third kappa shape index (κ3) is 1.23. The Bertz CT molecular complexity index is 355. The maximum Gasteiger partial charge on any atom is 0.231 e. The monoisotopic (exact) mass is 181 g/mol. The molecule has 0 unspecified atom stereocenters. The molecular weight excluding hydrogens is 174 g/mol. The van der Waals surface area contributed by atoms with Crippen LogP contribution in [0.3, 0.4) is 0 Å². The van der Waals surface area contributed by atoms with E-state index < -0.39 is 0 Å². The first-order chi connectivity index (χ1) is 5.75. The zero-order chi connectivity index (χ0) is 8.55. The van der Waals surface area contributed by atoms with Gasteiger partial charge in [0, 0.05) is 18.0 Å². The standard InChI is InChI=1S/C7H7N3OS/c1-4-3-12-7(8-4)6-9-5(2)11-10-6/h3H,1-2H3. The lowest BCUT2D eigenvalue weighted by atomic mass is 10.5. The van der Waals surface area contributed by atoms with Gasteiger partial charge in [0.25, 0.3) is 0 Å². The van der Waals surface area contributed by atoms with E-state index in [1.54, 1.807) is 6.92 Å². The number of hydrogen-bond donors (Lipinski definition) is 0. The van der Waals surface area contributed by atoms with Crippen molar-refractivity contribution in [2.75, 3.05) is 0 Å². The fraction of sp³-hybridized carbons (Fsp3) is 0.286. The van der Waals surface area contributed by atoms with Crippen molar-refractivity contribution in [3.8, 4) is 10.8 Å². The zero-order valence-corrected chi connectivity index (χ0v) is 7.55. The number of aryl methyl sites for hydroxylation is 2. The number of aromatic nitrogens is 3. The van der Waals surface area contributed by atoms with Crippen molar-refractivity contribution in [2.45, 2.75) is 13.8 Å². The van der Waals surface area contributed by atoms with Crippen LogP contribution in [0.2, 0.25) is 0 Å². The minimum Gasteiger partial charge on any atom is -0.339 e. The molecule has 4 nitrogen and oxygen atoms in total. The van der Waals surface area contributed by atoms with Crippen LogP contribution in [0, 0.1) is 13.8 Å². The van der Waals surface area contributed by atoms with Gasteiger partial charge >= 0.3 is 0 Å². The highest BCUT2D eigenvalue weighted by atomic mass is 32.1. The lowest BCUT2D eigenvalue weighted by molar-refractivity contribution is 0.394. The molecule has 0 radical (unpaired) electrons. The summed E-state index contributed by atoms with van der Waals surface area (Å²) in [6, 6.07) is 0. The third-order valence-corrected chi connectivity index (χ3v) is 2.29. The second-order valence-electron chi connectivity index (χ2n) is 2.43. The van der Waals surface area contributed by atoms with Crippen molar-refractivity contribution < 1.29 is 4.52 Å². The molecule has 2 heterocycles. The summed E-state index contributed by atoms with van der Waals surface area (Å²) >= 11 is 1.52. The molecule has 0 saturated carbocycles.